The van der Waals surface area contributed by atoms with E-state index in [-0.39, 0.29) is 17.9 Å². The van der Waals surface area contributed by atoms with Gasteiger partial charge in [0.15, 0.2) is 0 Å². The van der Waals surface area contributed by atoms with Crippen LogP contribution in [0.3, 0.4) is 0 Å². The number of fused-ring (bicyclic) bond motifs is 2. The number of aromatic nitrogens is 1. The number of nitrogens with zero attached hydrogens (tertiary/aromatic N) is 2. The predicted molar refractivity (Wildman–Crippen MR) is 117 cm³/mol. The van der Waals surface area contributed by atoms with Gasteiger partial charge in [-0.25, -0.2) is 4.98 Å². The lowest BCUT2D eigenvalue weighted by atomic mass is 9.93. The molecule has 0 unspecified atom stereocenters. The summed E-state index contributed by atoms with van der Waals surface area (Å²) in [5.41, 5.74) is 3.98. The number of nitrogens with one attached hydrogen (secondary N) is 1. The molecule has 0 spiro atoms. The standard InChI is InChI=1S/C23H23N3O3S/c1-23(2,29)20(13-9-10-13)26-11-14-5-3-7-16(18(14)22(26)28)25-21(27)15-6-4-8-17-19(15)30-12-24-17/h3-8,12-13,20,29H,9-11H2,1-2H3,(H,25,27)/t20-/m1/s1. The molecule has 1 aliphatic heterocycles. The van der Waals surface area contributed by atoms with Crippen LogP contribution in [-0.4, -0.2) is 38.4 Å². The van der Waals surface area contributed by atoms with Gasteiger partial charge in [0.1, 0.15) is 0 Å². The van der Waals surface area contributed by atoms with Crippen LogP contribution in [0.5, 0.6) is 0 Å². The average molecular weight is 422 g/mol. The van der Waals surface area contributed by atoms with Crippen LogP contribution in [0.2, 0.25) is 0 Å². The molecule has 7 heteroatoms. The zero-order valence-corrected chi connectivity index (χ0v) is 17.7. The Balaban J connectivity index is 1.47. The van der Waals surface area contributed by atoms with E-state index in [1.165, 1.54) is 11.3 Å². The van der Waals surface area contributed by atoms with E-state index in [0.29, 0.717) is 29.3 Å². The van der Waals surface area contributed by atoms with Crippen molar-refractivity contribution < 1.29 is 14.7 Å². The number of anilines is 1. The molecule has 1 fully saturated rings. The van der Waals surface area contributed by atoms with E-state index in [4.69, 9.17) is 0 Å². The second-order valence-corrected chi connectivity index (χ2v) is 9.52. The maximum atomic E-state index is 13.4. The molecule has 30 heavy (non-hydrogen) atoms. The largest absolute Gasteiger partial charge is 0.388 e. The van der Waals surface area contributed by atoms with Crippen molar-refractivity contribution in [1.82, 2.24) is 9.88 Å². The van der Waals surface area contributed by atoms with E-state index in [0.717, 1.165) is 28.6 Å². The van der Waals surface area contributed by atoms with Crippen LogP contribution >= 0.6 is 11.3 Å². The van der Waals surface area contributed by atoms with Crippen LogP contribution in [0.1, 0.15) is 53.0 Å². The van der Waals surface area contributed by atoms with Gasteiger partial charge in [-0.05, 0) is 56.4 Å². The Kier molecular flexibility index (Phi) is 4.41. The number of hydrogen-bond donors (Lipinski definition) is 2. The van der Waals surface area contributed by atoms with Gasteiger partial charge in [-0.15, -0.1) is 11.3 Å². The highest BCUT2D eigenvalue weighted by Crippen LogP contribution is 2.43. The van der Waals surface area contributed by atoms with E-state index in [9.17, 15) is 14.7 Å². The van der Waals surface area contributed by atoms with Crippen molar-refractivity contribution in [2.24, 2.45) is 5.92 Å². The molecule has 2 heterocycles. The summed E-state index contributed by atoms with van der Waals surface area (Å²) < 4.78 is 0.825. The van der Waals surface area contributed by atoms with Gasteiger partial charge in [0.2, 0.25) is 0 Å². The molecule has 2 amide bonds. The van der Waals surface area contributed by atoms with Crippen LogP contribution in [-0.2, 0) is 6.54 Å². The van der Waals surface area contributed by atoms with Crippen molar-refractivity contribution in [1.29, 1.82) is 0 Å². The first-order valence-corrected chi connectivity index (χ1v) is 11.0. The minimum atomic E-state index is -0.982. The van der Waals surface area contributed by atoms with Gasteiger partial charge in [-0.1, -0.05) is 18.2 Å². The number of aliphatic hydroxyl groups is 1. The third kappa shape index (κ3) is 3.18. The molecule has 2 aliphatic rings. The highest BCUT2D eigenvalue weighted by Gasteiger charge is 2.48. The predicted octanol–water partition coefficient (Wildman–Crippen LogP) is 4.05. The number of carbonyl (C=O) groups excluding carboxylic acids is 2. The molecule has 1 aromatic heterocycles. The van der Waals surface area contributed by atoms with Gasteiger partial charge in [0.25, 0.3) is 11.8 Å². The summed E-state index contributed by atoms with van der Waals surface area (Å²) in [6.07, 6.45) is 2.05. The number of carbonyl (C=O) groups is 2. The lowest BCUT2D eigenvalue weighted by Gasteiger charge is -2.37. The van der Waals surface area contributed by atoms with Crippen LogP contribution < -0.4 is 5.32 Å². The van der Waals surface area contributed by atoms with Crippen molar-refractivity contribution in [3.05, 3.63) is 58.6 Å². The zero-order chi connectivity index (χ0) is 21.0. The lowest BCUT2D eigenvalue weighted by molar-refractivity contribution is -0.0224. The summed E-state index contributed by atoms with van der Waals surface area (Å²) >= 11 is 1.42. The Hall–Kier alpha value is -2.77. The maximum Gasteiger partial charge on any atom is 0.257 e. The molecule has 1 atom stereocenters. The number of rotatable bonds is 5. The second-order valence-electron chi connectivity index (χ2n) is 8.67. The number of amides is 2. The first kappa shape index (κ1) is 19.2. The van der Waals surface area contributed by atoms with Gasteiger partial charge in [-0.3, -0.25) is 9.59 Å². The first-order chi connectivity index (χ1) is 14.3. The Morgan fingerprint density at radius 1 is 1.27 bits per heavy atom. The van der Waals surface area contributed by atoms with Gasteiger partial charge < -0.3 is 15.3 Å². The molecule has 1 aliphatic carbocycles. The third-order valence-corrected chi connectivity index (χ3v) is 6.82. The van der Waals surface area contributed by atoms with E-state index < -0.39 is 5.60 Å². The fourth-order valence-electron chi connectivity index (χ4n) is 4.59. The Morgan fingerprint density at radius 2 is 2.03 bits per heavy atom. The number of thiazole rings is 1. The molecule has 0 saturated heterocycles. The highest BCUT2D eigenvalue weighted by molar-refractivity contribution is 7.17. The van der Waals surface area contributed by atoms with E-state index in [1.807, 2.05) is 24.3 Å². The van der Waals surface area contributed by atoms with Crippen LogP contribution in [0.4, 0.5) is 5.69 Å². The quantitative estimate of drug-likeness (QED) is 0.651. The summed E-state index contributed by atoms with van der Waals surface area (Å²) in [7, 11) is 0. The van der Waals surface area contributed by atoms with Gasteiger partial charge >= 0.3 is 0 Å². The molecule has 6 nitrogen and oxygen atoms in total. The molecule has 5 rings (SSSR count). The number of hydrogen-bond acceptors (Lipinski definition) is 5. The van der Waals surface area contributed by atoms with Gasteiger partial charge in [0, 0.05) is 6.54 Å². The molecule has 154 valence electrons. The Morgan fingerprint density at radius 3 is 2.77 bits per heavy atom. The Labute approximate surface area is 178 Å². The molecular formula is C23H23N3O3S. The van der Waals surface area contributed by atoms with Gasteiger partial charge in [-0.2, -0.15) is 0 Å². The monoisotopic (exact) mass is 421 g/mol. The topological polar surface area (TPSA) is 82.5 Å². The smallest absolute Gasteiger partial charge is 0.257 e. The fourth-order valence-corrected chi connectivity index (χ4v) is 5.39. The molecule has 0 bridgehead atoms. The SMILES string of the molecule is CC(C)(O)[C@@H](C1CC1)N1Cc2cccc(NC(=O)c3cccc4ncsc34)c2C1=O. The number of benzene rings is 2. The molecule has 1 saturated carbocycles. The molecule has 0 radical (unpaired) electrons. The van der Waals surface area contributed by atoms with E-state index in [2.05, 4.69) is 10.3 Å². The van der Waals surface area contributed by atoms with E-state index >= 15 is 0 Å². The second kappa shape index (κ2) is 6.89. The minimum Gasteiger partial charge on any atom is -0.388 e. The molecule has 2 aromatic carbocycles. The minimum absolute atomic E-state index is 0.129. The molecule has 3 aromatic rings. The molecular weight excluding hydrogens is 398 g/mol. The fraction of sp³-hybridized carbons (Fsp3) is 0.348. The van der Waals surface area contributed by atoms with Crippen molar-refractivity contribution in [3.63, 3.8) is 0 Å². The zero-order valence-electron chi connectivity index (χ0n) is 16.9. The highest BCUT2D eigenvalue weighted by atomic mass is 32.1. The Bertz CT molecular complexity index is 1160. The normalized spacial score (nSPS) is 17.3. The average Bonchev–Trinajstić information content (AvgIpc) is 3.29. The summed E-state index contributed by atoms with van der Waals surface area (Å²) in [5.74, 6) is -0.0631. The van der Waals surface area contributed by atoms with E-state index in [1.54, 1.807) is 36.4 Å². The lowest BCUT2D eigenvalue weighted by Crippen LogP contribution is -2.51. The van der Waals surface area contributed by atoms with Crippen LogP contribution in [0, 0.1) is 5.92 Å². The van der Waals surface area contributed by atoms with Crippen molar-refractivity contribution in [2.75, 3.05) is 5.32 Å². The van der Waals surface area contributed by atoms with Gasteiger partial charge in [0.05, 0.1) is 44.2 Å². The van der Waals surface area contributed by atoms with Crippen molar-refractivity contribution in [3.8, 4) is 0 Å². The first-order valence-electron chi connectivity index (χ1n) is 10.1. The summed E-state index contributed by atoms with van der Waals surface area (Å²) in [5, 5.41) is 13.7. The summed E-state index contributed by atoms with van der Waals surface area (Å²) in [6.45, 7) is 3.99. The van der Waals surface area contributed by atoms with Crippen LogP contribution in [0.15, 0.2) is 41.9 Å². The van der Waals surface area contributed by atoms with Crippen molar-refractivity contribution in [2.45, 2.75) is 44.9 Å². The van der Waals surface area contributed by atoms with Crippen molar-refractivity contribution >= 4 is 39.1 Å². The van der Waals surface area contributed by atoms with Crippen LogP contribution in [0.25, 0.3) is 10.2 Å². The summed E-state index contributed by atoms with van der Waals surface area (Å²) in [6, 6.07) is 10.8. The third-order valence-electron chi connectivity index (χ3n) is 5.94. The summed E-state index contributed by atoms with van der Waals surface area (Å²) in [4.78, 5) is 32.5. The molecule has 2 N–H and O–H groups in total. The maximum absolute atomic E-state index is 13.4.